The molecule has 0 bridgehead atoms. The maximum absolute atomic E-state index is 13.5. The number of halogens is 5. The van der Waals surface area contributed by atoms with Crippen LogP contribution in [0.2, 0.25) is 0 Å². The van der Waals surface area contributed by atoms with E-state index < -0.39 is 49.4 Å². The third kappa shape index (κ3) is 4.10. The molecule has 1 aliphatic rings. The molecule has 0 spiro atoms. The Labute approximate surface area is 128 Å². The van der Waals surface area contributed by atoms with Crippen molar-refractivity contribution in [3.05, 3.63) is 29.8 Å². The highest BCUT2D eigenvalue weighted by molar-refractivity contribution is 5.97. The number of hydrogen-bond acceptors (Lipinski definition) is 3. The summed E-state index contributed by atoms with van der Waals surface area (Å²) >= 11 is 0. The van der Waals surface area contributed by atoms with Crippen molar-refractivity contribution in [2.75, 3.05) is 19.7 Å². The fourth-order valence-corrected chi connectivity index (χ4v) is 2.38. The van der Waals surface area contributed by atoms with Crippen LogP contribution < -0.4 is 4.74 Å². The number of benzene rings is 1. The molecule has 1 aromatic carbocycles. The summed E-state index contributed by atoms with van der Waals surface area (Å²) in [5.74, 6) is -6.11. The van der Waals surface area contributed by atoms with E-state index in [0.717, 1.165) is 17.0 Å². The van der Waals surface area contributed by atoms with Crippen LogP contribution in [0.25, 0.3) is 0 Å². The van der Waals surface area contributed by atoms with Gasteiger partial charge >= 0.3 is 6.36 Å². The number of piperidine rings is 1. The molecule has 128 valence electrons. The SMILES string of the molecule is O=C(c1ccccc1OC(F)(F)F)N1CCC(F)(F)C(CO)C1. The van der Waals surface area contributed by atoms with Gasteiger partial charge in [0, 0.05) is 19.5 Å². The number of likely N-dealkylation sites (tertiary alicyclic amines) is 1. The van der Waals surface area contributed by atoms with Crippen LogP contribution in [0.1, 0.15) is 16.8 Å². The van der Waals surface area contributed by atoms with E-state index in [-0.39, 0.29) is 12.1 Å². The van der Waals surface area contributed by atoms with Crippen molar-refractivity contribution < 1.29 is 36.6 Å². The number of alkyl halides is 5. The molecular weight excluding hydrogens is 325 g/mol. The van der Waals surface area contributed by atoms with Crippen molar-refractivity contribution in [1.29, 1.82) is 0 Å². The average Bonchev–Trinajstić information content (AvgIpc) is 2.45. The minimum absolute atomic E-state index is 0.317. The molecule has 1 saturated heterocycles. The zero-order valence-electron chi connectivity index (χ0n) is 11.8. The van der Waals surface area contributed by atoms with E-state index in [2.05, 4.69) is 4.74 Å². The smallest absolute Gasteiger partial charge is 0.405 e. The van der Waals surface area contributed by atoms with E-state index in [0.29, 0.717) is 0 Å². The van der Waals surface area contributed by atoms with Crippen LogP contribution in [-0.4, -0.2) is 47.9 Å². The minimum Gasteiger partial charge on any atom is -0.405 e. The van der Waals surface area contributed by atoms with Crippen molar-refractivity contribution in [3.63, 3.8) is 0 Å². The van der Waals surface area contributed by atoms with Crippen molar-refractivity contribution in [3.8, 4) is 5.75 Å². The summed E-state index contributed by atoms with van der Waals surface area (Å²) in [6.45, 7) is -1.58. The maximum Gasteiger partial charge on any atom is 0.573 e. The third-order valence-corrected chi connectivity index (χ3v) is 3.60. The number of hydrogen-bond donors (Lipinski definition) is 1. The highest BCUT2D eigenvalue weighted by Crippen LogP contribution is 2.35. The molecule has 0 radical (unpaired) electrons. The molecule has 4 nitrogen and oxygen atoms in total. The number of carbonyl (C=O) groups is 1. The fourth-order valence-electron chi connectivity index (χ4n) is 2.38. The predicted octanol–water partition coefficient (Wildman–Crippen LogP) is 2.67. The number of aliphatic hydroxyl groups excluding tert-OH is 1. The molecule has 1 aliphatic heterocycles. The first-order chi connectivity index (χ1) is 10.6. The van der Waals surface area contributed by atoms with Crippen LogP contribution in [0, 0.1) is 5.92 Å². The lowest BCUT2D eigenvalue weighted by Crippen LogP contribution is -2.50. The Balaban J connectivity index is 2.21. The maximum atomic E-state index is 13.5. The van der Waals surface area contributed by atoms with Crippen LogP contribution >= 0.6 is 0 Å². The molecule has 1 unspecified atom stereocenters. The molecule has 1 amide bonds. The summed E-state index contributed by atoms with van der Waals surface area (Å²) in [4.78, 5) is 13.3. The zero-order valence-corrected chi connectivity index (χ0v) is 11.8. The third-order valence-electron chi connectivity index (χ3n) is 3.60. The number of amides is 1. The predicted molar refractivity (Wildman–Crippen MR) is 69.2 cm³/mol. The zero-order chi connectivity index (χ0) is 17.3. The number of ether oxygens (including phenoxy) is 1. The Bertz CT molecular complexity index is 576. The van der Waals surface area contributed by atoms with Crippen LogP contribution in [-0.2, 0) is 0 Å². The summed E-state index contributed by atoms with van der Waals surface area (Å²) in [6, 6.07) is 4.71. The van der Waals surface area contributed by atoms with Gasteiger partial charge in [0.05, 0.1) is 18.1 Å². The molecule has 1 heterocycles. The summed E-state index contributed by atoms with van der Waals surface area (Å²) in [5.41, 5.74) is -0.369. The van der Waals surface area contributed by atoms with E-state index in [1.807, 2.05) is 0 Å². The molecule has 0 aromatic heterocycles. The molecule has 1 aromatic rings. The summed E-state index contributed by atoms with van der Waals surface area (Å²) in [7, 11) is 0. The molecule has 1 atom stereocenters. The first-order valence-electron chi connectivity index (χ1n) is 6.77. The highest BCUT2D eigenvalue weighted by atomic mass is 19.4. The van der Waals surface area contributed by atoms with Gasteiger partial charge in [-0.25, -0.2) is 8.78 Å². The van der Waals surface area contributed by atoms with Crippen molar-refractivity contribution in [2.45, 2.75) is 18.7 Å². The van der Waals surface area contributed by atoms with Crippen molar-refractivity contribution >= 4 is 5.91 Å². The van der Waals surface area contributed by atoms with Crippen LogP contribution in [0.4, 0.5) is 22.0 Å². The Kier molecular flexibility index (Phi) is 4.79. The summed E-state index contributed by atoms with van der Waals surface area (Å²) < 4.78 is 68.0. The molecular formula is C14H14F5NO3. The molecule has 9 heteroatoms. The number of nitrogens with zero attached hydrogens (tertiary/aromatic N) is 1. The second kappa shape index (κ2) is 6.31. The first-order valence-corrected chi connectivity index (χ1v) is 6.77. The topological polar surface area (TPSA) is 49.8 Å². The van der Waals surface area contributed by atoms with Crippen LogP contribution in [0.5, 0.6) is 5.75 Å². The largest absolute Gasteiger partial charge is 0.573 e. The summed E-state index contributed by atoms with van der Waals surface area (Å²) in [6.07, 6.45) is -5.63. The van der Waals surface area contributed by atoms with Crippen LogP contribution in [0.15, 0.2) is 24.3 Å². The van der Waals surface area contributed by atoms with E-state index >= 15 is 0 Å². The van der Waals surface area contributed by atoms with Crippen LogP contribution in [0.3, 0.4) is 0 Å². The van der Waals surface area contributed by atoms with Crippen molar-refractivity contribution in [1.82, 2.24) is 4.90 Å². The van der Waals surface area contributed by atoms with Gasteiger partial charge in [0.2, 0.25) is 0 Å². The second-order valence-corrected chi connectivity index (χ2v) is 5.19. The lowest BCUT2D eigenvalue weighted by molar-refractivity contribution is -0.274. The van der Waals surface area contributed by atoms with Gasteiger partial charge in [0.15, 0.2) is 0 Å². The van der Waals surface area contributed by atoms with Gasteiger partial charge < -0.3 is 14.7 Å². The fraction of sp³-hybridized carbons (Fsp3) is 0.500. The van der Waals surface area contributed by atoms with E-state index in [9.17, 15) is 26.7 Å². The molecule has 0 saturated carbocycles. The van der Waals surface area contributed by atoms with Gasteiger partial charge in [0.25, 0.3) is 11.8 Å². The lowest BCUT2D eigenvalue weighted by Gasteiger charge is -2.37. The Morgan fingerprint density at radius 1 is 1.35 bits per heavy atom. The van der Waals surface area contributed by atoms with Gasteiger partial charge in [-0.05, 0) is 12.1 Å². The Hall–Kier alpha value is -1.90. The first kappa shape index (κ1) is 17.5. The van der Waals surface area contributed by atoms with Gasteiger partial charge in [-0.2, -0.15) is 0 Å². The molecule has 2 rings (SSSR count). The Morgan fingerprint density at radius 3 is 2.61 bits per heavy atom. The monoisotopic (exact) mass is 339 g/mol. The Morgan fingerprint density at radius 2 is 2.00 bits per heavy atom. The minimum atomic E-state index is -4.97. The number of para-hydroxylation sites is 1. The standard InChI is InChI=1S/C14H14F5NO3/c15-13(16)5-6-20(7-9(13)8-21)12(22)10-3-1-2-4-11(10)23-14(17,18)19/h1-4,9,21H,5-8H2. The number of aliphatic hydroxyl groups is 1. The quantitative estimate of drug-likeness (QED) is 0.862. The molecule has 23 heavy (non-hydrogen) atoms. The molecule has 1 N–H and O–H groups in total. The molecule has 1 fully saturated rings. The number of rotatable bonds is 3. The van der Waals surface area contributed by atoms with E-state index in [1.165, 1.54) is 12.1 Å². The normalized spacial score (nSPS) is 21.1. The van der Waals surface area contributed by atoms with Gasteiger partial charge in [-0.15, -0.1) is 13.2 Å². The van der Waals surface area contributed by atoms with Gasteiger partial charge in [-0.3, -0.25) is 4.79 Å². The average molecular weight is 339 g/mol. The summed E-state index contributed by atoms with van der Waals surface area (Å²) in [5, 5.41) is 9.01. The lowest BCUT2D eigenvalue weighted by atomic mass is 9.93. The van der Waals surface area contributed by atoms with Gasteiger partial charge in [-0.1, -0.05) is 12.1 Å². The molecule has 0 aliphatic carbocycles. The second-order valence-electron chi connectivity index (χ2n) is 5.19. The van der Waals surface area contributed by atoms with E-state index in [4.69, 9.17) is 5.11 Å². The van der Waals surface area contributed by atoms with Gasteiger partial charge in [0.1, 0.15) is 5.75 Å². The van der Waals surface area contributed by atoms with Crippen molar-refractivity contribution in [2.24, 2.45) is 5.92 Å². The number of carbonyl (C=O) groups excluding carboxylic acids is 1. The van der Waals surface area contributed by atoms with E-state index in [1.54, 1.807) is 0 Å². The highest BCUT2D eigenvalue weighted by Gasteiger charge is 2.45.